The van der Waals surface area contributed by atoms with E-state index in [4.69, 9.17) is 4.74 Å². The van der Waals surface area contributed by atoms with Crippen LogP contribution in [0.15, 0.2) is 48.5 Å². The number of aliphatic carboxylic acids is 1. The van der Waals surface area contributed by atoms with Gasteiger partial charge >= 0.3 is 0 Å². The van der Waals surface area contributed by atoms with E-state index in [1.54, 1.807) is 24.3 Å². The Morgan fingerprint density at radius 1 is 1.20 bits per heavy atom. The fourth-order valence-electron chi connectivity index (χ4n) is 2.26. The molecule has 1 amide bonds. The second-order valence-corrected chi connectivity index (χ2v) is 5.18. The third-order valence-electron chi connectivity index (χ3n) is 3.51. The van der Waals surface area contributed by atoms with Crippen LogP contribution in [0.2, 0.25) is 0 Å². The summed E-state index contributed by atoms with van der Waals surface area (Å²) >= 11 is 0. The Balaban J connectivity index is 2.23. The van der Waals surface area contributed by atoms with Crippen LogP contribution in [-0.2, 0) is 4.79 Å². The molecule has 8 nitrogen and oxygen atoms in total. The van der Waals surface area contributed by atoms with Crippen molar-refractivity contribution in [1.29, 1.82) is 0 Å². The Labute approximate surface area is 143 Å². The Morgan fingerprint density at radius 2 is 1.88 bits per heavy atom. The second kappa shape index (κ2) is 7.91. The van der Waals surface area contributed by atoms with E-state index in [0.29, 0.717) is 11.3 Å². The van der Waals surface area contributed by atoms with Gasteiger partial charge in [-0.25, -0.2) is 0 Å². The molecule has 0 saturated carbocycles. The summed E-state index contributed by atoms with van der Waals surface area (Å²) in [4.78, 5) is 33.5. The molecule has 2 rings (SSSR count). The van der Waals surface area contributed by atoms with Crippen molar-refractivity contribution >= 4 is 17.6 Å². The smallest absolute Gasteiger partial charge is 0.270 e. The number of hydrogen-bond donors (Lipinski definition) is 1. The summed E-state index contributed by atoms with van der Waals surface area (Å²) in [6.45, 7) is 0. The molecular formula is C17H15N2O6-. The third kappa shape index (κ3) is 4.77. The number of hydrogen-bond acceptors (Lipinski definition) is 6. The van der Waals surface area contributed by atoms with E-state index in [1.807, 2.05) is 0 Å². The Kier molecular flexibility index (Phi) is 5.67. The molecule has 0 aliphatic carbocycles. The first-order chi connectivity index (χ1) is 11.9. The Bertz CT molecular complexity index is 788. The summed E-state index contributed by atoms with van der Waals surface area (Å²) in [6, 6.07) is 10.9. The molecule has 1 atom stereocenters. The van der Waals surface area contributed by atoms with Crippen molar-refractivity contribution in [3.05, 3.63) is 69.8 Å². The maximum Gasteiger partial charge on any atom is 0.270 e. The van der Waals surface area contributed by atoms with Crippen LogP contribution in [0.5, 0.6) is 5.75 Å². The highest BCUT2D eigenvalue weighted by molar-refractivity contribution is 5.95. The summed E-state index contributed by atoms with van der Waals surface area (Å²) in [5.41, 5.74) is 0.378. The van der Waals surface area contributed by atoms with Crippen molar-refractivity contribution in [1.82, 2.24) is 5.32 Å². The molecule has 8 heteroatoms. The minimum absolute atomic E-state index is 0.0612. The number of nitro groups is 1. The van der Waals surface area contributed by atoms with Crippen molar-refractivity contribution in [2.24, 2.45) is 0 Å². The van der Waals surface area contributed by atoms with Gasteiger partial charge < -0.3 is 20.0 Å². The number of nitro benzene ring substituents is 1. The summed E-state index contributed by atoms with van der Waals surface area (Å²) in [6.07, 6.45) is -0.438. The molecule has 0 fully saturated rings. The highest BCUT2D eigenvalue weighted by Gasteiger charge is 2.18. The van der Waals surface area contributed by atoms with E-state index in [0.717, 1.165) is 6.07 Å². The molecule has 2 aromatic rings. The lowest BCUT2D eigenvalue weighted by molar-refractivity contribution is -0.384. The molecule has 0 aliphatic heterocycles. The number of amides is 1. The maximum atomic E-state index is 12.3. The standard InChI is InChI=1S/C17H16N2O6/c1-25-14-7-5-11(6-8-14)15(10-16(20)21)18-17(22)12-3-2-4-13(9-12)19(23)24/h2-9,15H,10H2,1H3,(H,18,22)(H,20,21)/p-1/t15-/m1/s1. The molecular weight excluding hydrogens is 328 g/mol. The number of carboxylic acids is 1. The van der Waals surface area contributed by atoms with Crippen molar-refractivity contribution in [3.63, 3.8) is 0 Å². The van der Waals surface area contributed by atoms with Gasteiger partial charge in [0.05, 0.1) is 18.1 Å². The number of nitrogens with zero attached hydrogens (tertiary/aromatic N) is 1. The van der Waals surface area contributed by atoms with Crippen molar-refractivity contribution in [3.8, 4) is 5.75 Å². The Morgan fingerprint density at radius 3 is 2.44 bits per heavy atom. The number of carbonyl (C=O) groups excluding carboxylic acids is 2. The Hall–Kier alpha value is -3.42. The van der Waals surface area contributed by atoms with E-state index in [9.17, 15) is 24.8 Å². The molecule has 0 spiro atoms. The van der Waals surface area contributed by atoms with E-state index in [1.165, 1.54) is 25.3 Å². The van der Waals surface area contributed by atoms with Gasteiger partial charge in [-0.15, -0.1) is 0 Å². The fraction of sp³-hybridized carbons (Fsp3) is 0.176. The lowest BCUT2D eigenvalue weighted by Crippen LogP contribution is -2.34. The van der Waals surface area contributed by atoms with Gasteiger partial charge in [0.2, 0.25) is 0 Å². The number of nitrogens with one attached hydrogen (secondary N) is 1. The average molecular weight is 343 g/mol. The monoisotopic (exact) mass is 343 g/mol. The molecule has 1 N–H and O–H groups in total. The molecule has 0 saturated heterocycles. The number of ether oxygens (including phenoxy) is 1. The number of non-ortho nitro benzene ring substituents is 1. The third-order valence-corrected chi connectivity index (χ3v) is 3.51. The zero-order chi connectivity index (χ0) is 18.4. The molecule has 130 valence electrons. The van der Waals surface area contributed by atoms with Gasteiger partial charge in [-0.1, -0.05) is 18.2 Å². The zero-order valence-electron chi connectivity index (χ0n) is 13.3. The topological polar surface area (TPSA) is 122 Å². The van der Waals surface area contributed by atoms with Crippen LogP contribution in [0.3, 0.4) is 0 Å². The lowest BCUT2D eigenvalue weighted by atomic mass is 10.0. The molecule has 2 aromatic carbocycles. The SMILES string of the molecule is COc1ccc([C@@H](CC(=O)[O-])NC(=O)c2cccc([N+](=O)[O-])c2)cc1. The number of rotatable bonds is 7. The number of carboxylic acid groups (broad SMARTS) is 1. The van der Waals surface area contributed by atoms with Crippen molar-refractivity contribution < 1.29 is 24.4 Å². The largest absolute Gasteiger partial charge is 0.550 e. The van der Waals surface area contributed by atoms with Gasteiger partial charge in [-0.3, -0.25) is 14.9 Å². The molecule has 0 bridgehead atoms. The van der Waals surface area contributed by atoms with Crippen LogP contribution in [0.4, 0.5) is 5.69 Å². The minimum atomic E-state index is -1.33. The fourth-order valence-corrected chi connectivity index (χ4v) is 2.26. The predicted octanol–water partition coefficient (Wildman–Crippen LogP) is 1.21. The molecule has 0 aliphatic rings. The minimum Gasteiger partial charge on any atom is -0.550 e. The van der Waals surface area contributed by atoms with Gasteiger partial charge in [-0.2, -0.15) is 0 Å². The molecule has 0 unspecified atom stereocenters. The first kappa shape index (κ1) is 17.9. The summed E-state index contributed by atoms with van der Waals surface area (Å²) in [5, 5.41) is 24.4. The first-order valence-corrected chi connectivity index (χ1v) is 7.30. The highest BCUT2D eigenvalue weighted by Crippen LogP contribution is 2.21. The second-order valence-electron chi connectivity index (χ2n) is 5.18. The van der Waals surface area contributed by atoms with Crippen molar-refractivity contribution in [2.45, 2.75) is 12.5 Å². The van der Waals surface area contributed by atoms with Crippen LogP contribution in [0, 0.1) is 10.1 Å². The number of benzene rings is 2. The van der Waals surface area contributed by atoms with Gasteiger partial charge in [0.15, 0.2) is 0 Å². The van der Waals surface area contributed by atoms with Gasteiger partial charge in [0, 0.05) is 30.1 Å². The van der Waals surface area contributed by atoms with Crippen LogP contribution >= 0.6 is 0 Å². The lowest BCUT2D eigenvalue weighted by Gasteiger charge is -2.20. The number of methoxy groups -OCH3 is 1. The maximum absolute atomic E-state index is 12.3. The molecule has 25 heavy (non-hydrogen) atoms. The zero-order valence-corrected chi connectivity index (χ0v) is 13.3. The van der Waals surface area contributed by atoms with Gasteiger partial charge in [0.1, 0.15) is 5.75 Å². The average Bonchev–Trinajstić information content (AvgIpc) is 2.61. The van der Waals surface area contributed by atoms with Crippen LogP contribution in [-0.4, -0.2) is 23.9 Å². The van der Waals surface area contributed by atoms with Gasteiger partial charge in [0.25, 0.3) is 11.6 Å². The van der Waals surface area contributed by atoms with Gasteiger partial charge in [-0.05, 0) is 23.8 Å². The summed E-state index contributed by atoms with van der Waals surface area (Å²) < 4.78 is 5.04. The van der Waals surface area contributed by atoms with E-state index >= 15 is 0 Å². The number of carbonyl (C=O) groups is 2. The molecule has 0 radical (unpaired) electrons. The van der Waals surface area contributed by atoms with Crippen molar-refractivity contribution in [2.75, 3.05) is 7.11 Å². The first-order valence-electron chi connectivity index (χ1n) is 7.30. The van der Waals surface area contributed by atoms with Crippen LogP contribution in [0.25, 0.3) is 0 Å². The molecule has 0 aromatic heterocycles. The van der Waals surface area contributed by atoms with E-state index < -0.39 is 29.3 Å². The predicted molar refractivity (Wildman–Crippen MR) is 85.9 cm³/mol. The van der Waals surface area contributed by atoms with E-state index in [2.05, 4.69) is 5.32 Å². The van der Waals surface area contributed by atoms with E-state index in [-0.39, 0.29) is 11.3 Å². The van der Waals surface area contributed by atoms with Crippen LogP contribution in [0.1, 0.15) is 28.4 Å². The summed E-state index contributed by atoms with van der Waals surface area (Å²) in [7, 11) is 1.50. The van der Waals surface area contributed by atoms with Crippen LogP contribution < -0.4 is 15.2 Å². The normalized spacial score (nSPS) is 11.4. The highest BCUT2D eigenvalue weighted by atomic mass is 16.6. The summed E-state index contributed by atoms with van der Waals surface area (Å²) in [5.74, 6) is -1.37. The molecule has 0 heterocycles. The quantitative estimate of drug-likeness (QED) is 0.596.